The number of pyridine rings is 1. The molecule has 29 heavy (non-hydrogen) atoms. The largest absolute Gasteiger partial charge is 0.338 e. The number of benzene rings is 1. The van der Waals surface area contributed by atoms with E-state index in [1.807, 2.05) is 4.57 Å². The maximum atomic E-state index is 13.9. The molecule has 1 N–H and O–H groups in total. The summed E-state index contributed by atoms with van der Waals surface area (Å²) < 4.78 is 43.9. The van der Waals surface area contributed by atoms with Crippen molar-refractivity contribution in [3.63, 3.8) is 0 Å². The van der Waals surface area contributed by atoms with Crippen LogP contribution in [0, 0.1) is 23.1 Å². The summed E-state index contributed by atoms with van der Waals surface area (Å²) in [5, 5.41) is 10.5. The average Bonchev–Trinajstić information content (AvgIpc) is 3.51. The predicted octanol–water partition coefficient (Wildman–Crippen LogP) is 5.03. The molecule has 3 aromatic rings. The van der Waals surface area contributed by atoms with Crippen molar-refractivity contribution < 1.29 is 13.2 Å². The van der Waals surface area contributed by atoms with Gasteiger partial charge in [-0.05, 0) is 61.0 Å². The lowest BCUT2D eigenvalue weighted by atomic mass is 10.1. The molecule has 2 aromatic heterocycles. The molecule has 1 saturated carbocycles. The molecule has 4 rings (SSSR count). The molecule has 0 radical (unpaired) electrons. The molecule has 150 valence electrons. The molecule has 1 aromatic carbocycles. The van der Waals surface area contributed by atoms with Gasteiger partial charge in [0.1, 0.15) is 25.2 Å². The zero-order chi connectivity index (χ0) is 20.4. The van der Waals surface area contributed by atoms with Crippen molar-refractivity contribution in [2.45, 2.75) is 30.3 Å². The van der Waals surface area contributed by atoms with E-state index >= 15 is 0 Å². The van der Waals surface area contributed by atoms with E-state index in [0.717, 1.165) is 24.8 Å². The molecular formula is C21H19F3N4S. The Bertz CT molecular complexity index is 1050. The number of nitrogens with one attached hydrogen (secondary N) is 1. The highest BCUT2D eigenvalue weighted by atomic mass is 32.2. The molecule has 0 unspecified atom stereocenters. The van der Waals surface area contributed by atoms with E-state index in [1.54, 1.807) is 24.4 Å². The molecule has 4 nitrogen and oxygen atoms in total. The second-order valence-corrected chi connectivity index (χ2v) is 8.07. The number of alkyl halides is 2. The SMILES string of the molecule is N#Cc1c(-c2ccc(SNC(CF)CF)cn2)n(CC2CC2)c2cc(F)ccc12. The van der Waals surface area contributed by atoms with Crippen LogP contribution < -0.4 is 4.72 Å². The molecule has 0 spiro atoms. The van der Waals surface area contributed by atoms with Crippen LogP contribution in [0.2, 0.25) is 0 Å². The number of halogens is 3. The van der Waals surface area contributed by atoms with Crippen LogP contribution in [-0.4, -0.2) is 28.9 Å². The van der Waals surface area contributed by atoms with Crippen LogP contribution in [0.25, 0.3) is 22.3 Å². The maximum absolute atomic E-state index is 13.9. The zero-order valence-corrected chi connectivity index (χ0v) is 16.4. The van der Waals surface area contributed by atoms with Gasteiger partial charge >= 0.3 is 0 Å². The van der Waals surface area contributed by atoms with E-state index in [4.69, 9.17) is 0 Å². The summed E-state index contributed by atoms with van der Waals surface area (Å²) in [6.07, 6.45) is 3.84. The van der Waals surface area contributed by atoms with Crippen LogP contribution in [0.1, 0.15) is 18.4 Å². The monoisotopic (exact) mass is 416 g/mol. The number of fused-ring (bicyclic) bond motifs is 1. The van der Waals surface area contributed by atoms with E-state index in [2.05, 4.69) is 15.8 Å². The molecule has 1 aliphatic rings. The number of aromatic nitrogens is 2. The minimum Gasteiger partial charge on any atom is -0.338 e. The third-order valence-corrected chi connectivity index (χ3v) is 5.90. The van der Waals surface area contributed by atoms with E-state index < -0.39 is 19.4 Å². The van der Waals surface area contributed by atoms with Crippen molar-refractivity contribution in [1.29, 1.82) is 5.26 Å². The van der Waals surface area contributed by atoms with E-state index in [1.165, 1.54) is 12.1 Å². The number of hydrogen-bond donors (Lipinski definition) is 1. The Morgan fingerprint density at radius 1 is 1.24 bits per heavy atom. The highest BCUT2D eigenvalue weighted by molar-refractivity contribution is 7.97. The summed E-state index contributed by atoms with van der Waals surface area (Å²) in [5.41, 5.74) is 2.45. The first-order valence-corrected chi connectivity index (χ1v) is 10.2. The van der Waals surface area contributed by atoms with Crippen molar-refractivity contribution in [3.8, 4) is 17.5 Å². The Balaban J connectivity index is 1.72. The Kier molecular flexibility index (Phi) is 5.79. The zero-order valence-electron chi connectivity index (χ0n) is 15.5. The number of rotatable bonds is 8. The van der Waals surface area contributed by atoms with Gasteiger partial charge in [-0.25, -0.2) is 13.2 Å². The first kappa shape index (κ1) is 19.8. The van der Waals surface area contributed by atoms with Gasteiger partial charge in [0.05, 0.1) is 28.5 Å². The Morgan fingerprint density at radius 2 is 2.03 bits per heavy atom. The quantitative estimate of drug-likeness (QED) is 0.524. The average molecular weight is 416 g/mol. The number of nitrogens with zero attached hydrogens (tertiary/aromatic N) is 3. The lowest BCUT2D eigenvalue weighted by Crippen LogP contribution is -2.27. The van der Waals surface area contributed by atoms with Crippen LogP contribution in [0.15, 0.2) is 41.4 Å². The minimum atomic E-state index is -0.860. The van der Waals surface area contributed by atoms with Gasteiger partial charge in [0.25, 0.3) is 0 Å². The molecule has 0 amide bonds. The molecule has 1 aliphatic carbocycles. The number of hydrogen-bond acceptors (Lipinski definition) is 4. The van der Waals surface area contributed by atoms with Crippen molar-refractivity contribution in [1.82, 2.24) is 14.3 Å². The van der Waals surface area contributed by atoms with Crippen molar-refractivity contribution in [2.75, 3.05) is 13.3 Å². The minimum absolute atomic E-state index is 0.343. The number of nitriles is 1. The fraction of sp³-hybridized carbons (Fsp3) is 0.333. The molecular weight excluding hydrogens is 397 g/mol. The Hall–Kier alpha value is -2.50. The van der Waals surface area contributed by atoms with Crippen LogP contribution in [-0.2, 0) is 6.54 Å². The molecule has 2 heterocycles. The lowest BCUT2D eigenvalue weighted by Gasteiger charge is -2.12. The molecule has 8 heteroatoms. The van der Waals surface area contributed by atoms with Gasteiger partial charge in [-0.1, -0.05) is 0 Å². The molecule has 0 atom stereocenters. The predicted molar refractivity (Wildman–Crippen MR) is 107 cm³/mol. The molecule has 0 aliphatic heterocycles. The topological polar surface area (TPSA) is 53.6 Å². The molecule has 0 bridgehead atoms. The maximum Gasteiger partial charge on any atom is 0.125 e. The van der Waals surface area contributed by atoms with Gasteiger partial charge < -0.3 is 4.57 Å². The van der Waals surface area contributed by atoms with Crippen LogP contribution in [0.4, 0.5) is 13.2 Å². The second kappa shape index (κ2) is 8.47. The van der Waals surface area contributed by atoms with Gasteiger partial charge in [-0.15, -0.1) is 0 Å². The van der Waals surface area contributed by atoms with Crippen LogP contribution in [0.5, 0.6) is 0 Å². The van der Waals surface area contributed by atoms with Gasteiger partial charge in [0, 0.05) is 23.0 Å². The normalized spacial score (nSPS) is 13.9. The lowest BCUT2D eigenvalue weighted by molar-refractivity contribution is 0.340. The van der Waals surface area contributed by atoms with Gasteiger partial charge in [-0.2, -0.15) is 5.26 Å². The van der Waals surface area contributed by atoms with E-state index in [-0.39, 0.29) is 5.82 Å². The third-order valence-electron chi connectivity index (χ3n) is 4.97. The first-order valence-electron chi connectivity index (χ1n) is 9.37. The fourth-order valence-electron chi connectivity index (χ4n) is 3.29. The molecule has 1 fully saturated rings. The third kappa shape index (κ3) is 4.11. The van der Waals surface area contributed by atoms with Crippen molar-refractivity contribution in [3.05, 3.63) is 47.9 Å². The highest BCUT2D eigenvalue weighted by Crippen LogP contribution is 2.38. The second-order valence-electron chi connectivity index (χ2n) is 7.16. The van der Waals surface area contributed by atoms with Crippen LogP contribution >= 0.6 is 11.9 Å². The summed E-state index contributed by atoms with van der Waals surface area (Å²) in [7, 11) is 0. The summed E-state index contributed by atoms with van der Waals surface area (Å²) in [6.45, 7) is -0.873. The summed E-state index contributed by atoms with van der Waals surface area (Å²) in [6, 6.07) is 9.42. The Morgan fingerprint density at radius 3 is 2.66 bits per heavy atom. The standard InChI is InChI=1S/C21H19F3N4S/c22-8-15(9-23)27-29-16-4-6-19(26-11-16)21-18(10-25)17-5-3-14(24)7-20(17)28(21)12-13-1-2-13/h3-7,11,13,15,27H,1-2,8-9,12H2. The summed E-state index contributed by atoms with van der Waals surface area (Å²) in [4.78, 5) is 5.18. The van der Waals surface area contributed by atoms with Crippen LogP contribution in [0.3, 0.4) is 0 Å². The smallest absolute Gasteiger partial charge is 0.125 e. The fourth-order valence-corrected chi connectivity index (χ4v) is 3.96. The van der Waals surface area contributed by atoms with E-state index in [9.17, 15) is 18.4 Å². The summed E-state index contributed by atoms with van der Waals surface area (Å²) in [5.74, 6) is 0.181. The van der Waals surface area contributed by atoms with Gasteiger partial charge in [0.15, 0.2) is 0 Å². The highest BCUT2D eigenvalue weighted by Gasteiger charge is 2.27. The van der Waals surface area contributed by atoms with Gasteiger partial charge in [-0.3, -0.25) is 9.71 Å². The van der Waals surface area contributed by atoms with Gasteiger partial charge in [0.2, 0.25) is 0 Å². The van der Waals surface area contributed by atoms with Crippen molar-refractivity contribution in [2.24, 2.45) is 5.92 Å². The molecule has 0 saturated heterocycles. The summed E-state index contributed by atoms with van der Waals surface area (Å²) >= 11 is 1.11. The first-order chi connectivity index (χ1) is 14.1. The Labute approximate surface area is 170 Å². The van der Waals surface area contributed by atoms with E-state index in [0.29, 0.717) is 45.2 Å². The van der Waals surface area contributed by atoms with Crippen molar-refractivity contribution >= 4 is 22.9 Å².